The molecular weight excluding hydrogens is 1500 g/mol. The number of rotatable bonds is 50. The molecule has 0 aliphatic carbocycles. The van der Waals surface area contributed by atoms with Crippen molar-refractivity contribution in [2.75, 3.05) is 13.1 Å². The van der Waals surface area contributed by atoms with Gasteiger partial charge in [0.2, 0.25) is 70.9 Å². The summed E-state index contributed by atoms with van der Waals surface area (Å²) in [6.45, 7) is 10.4. The van der Waals surface area contributed by atoms with Crippen molar-refractivity contribution in [3.63, 3.8) is 0 Å². The molecule has 5 rings (SSSR count). The van der Waals surface area contributed by atoms with Gasteiger partial charge >= 0.3 is 11.9 Å². The molecular formula is C75H113N22O18+. The van der Waals surface area contributed by atoms with Crippen molar-refractivity contribution in [1.82, 2.24) is 79.1 Å². The Labute approximate surface area is 663 Å². The highest BCUT2D eigenvalue weighted by atomic mass is 16.4. The topological polar surface area (TPSA) is 688 Å². The van der Waals surface area contributed by atoms with Crippen LogP contribution in [0.25, 0.3) is 21.8 Å². The number of aliphatic carboxylic acids is 2. The van der Waals surface area contributed by atoms with Gasteiger partial charge in [-0.05, 0) is 107 Å². The second-order valence-electron chi connectivity index (χ2n) is 29.3. The standard InChI is InChI=1S/C75H112N22O18/c1-8-38(4)59(95-67(109)55(34-58(101)102)92-64(106)51(29-40-18-10-9-11-19-40)90-66(108)52(89-61(103)45(76)32-56(77)99)30-41-35-85-46-22-14-12-20-43(41)46)69(111)96-60(39(5)98)70(112)93-54(33-57(78)100)68(110)97-75(6,7)72(115)94-50(28-37(2)3)63(105)91-53(31-42-36-86-47-23-15-13-21-44(42)47)65(107)87-48(24-16-26-83-73(79)80)62(104)88-49(71(113)114)25-17-27-84-74(81)82/h9-15,18-23,35-39,45,48-55,59-60,73-74,83-86,98H,8,16-17,24-34,76,79-82H2,1-7H3,(H2,77,99)(H2,78,100)(H,87,107)(H,88,104)(H,89,103)(H,90,108)(H,91,105)(H,92,106)(H,93,112)(H,94,115)(H,95,109)(H,96,111)(H,97,110)(H,101,102)(H,113,114)/p+1/t38-,39+,45-,48-,49-,50-,51-,52-,53-,54-,55-,59-,60-/m0/s1. The van der Waals surface area contributed by atoms with Crippen molar-refractivity contribution >= 4 is 111 Å². The summed E-state index contributed by atoms with van der Waals surface area (Å²) in [6.07, 6.45) is -3.29. The fourth-order valence-corrected chi connectivity index (χ4v) is 12.3. The van der Waals surface area contributed by atoms with Crippen LogP contribution in [0.3, 0.4) is 0 Å². The Kier molecular flexibility index (Phi) is 37.1. The Balaban J connectivity index is 1.35. The summed E-state index contributed by atoms with van der Waals surface area (Å²) in [4.78, 5) is 214. The van der Waals surface area contributed by atoms with Crippen molar-refractivity contribution in [2.45, 2.75) is 216 Å². The molecule has 115 heavy (non-hydrogen) atoms. The van der Waals surface area contributed by atoms with Gasteiger partial charge < -0.3 is 124 Å². The maximum absolute atomic E-state index is 14.8. The van der Waals surface area contributed by atoms with Gasteiger partial charge in [0.15, 0.2) is 6.04 Å². The van der Waals surface area contributed by atoms with Gasteiger partial charge in [-0.1, -0.05) is 101 Å². The number of aromatic nitrogens is 2. The lowest BCUT2D eigenvalue weighted by Gasteiger charge is -2.32. The molecule has 0 fully saturated rings. The lowest BCUT2D eigenvalue weighted by atomic mass is 9.96. The summed E-state index contributed by atoms with van der Waals surface area (Å²) in [7, 11) is 0. The summed E-state index contributed by atoms with van der Waals surface area (Å²) in [5.74, 6) is -17.7. The normalized spacial score (nSPS) is 15.0. The Morgan fingerprint density at radius 2 is 0.870 bits per heavy atom. The molecule has 3 aromatic carbocycles. The third-order valence-electron chi connectivity index (χ3n) is 18.8. The first kappa shape index (κ1) is 94.1. The predicted molar refractivity (Wildman–Crippen MR) is 419 cm³/mol. The molecule has 2 aromatic heterocycles. The van der Waals surface area contributed by atoms with Crippen LogP contribution in [-0.4, -0.2) is 218 Å². The number of aromatic amines is 2. The van der Waals surface area contributed by atoms with Crippen LogP contribution in [0.1, 0.15) is 123 Å². The Hall–Kier alpha value is -11.5. The molecule has 5 aromatic rings. The fraction of sp³-hybridized carbons (Fsp3) is 0.507. The number of aliphatic hydroxyl groups is 1. The number of amides is 13. The maximum atomic E-state index is 14.8. The third kappa shape index (κ3) is 30.7. The third-order valence-corrected chi connectivity index (χ3v) is 18.8. The molecule has 33 N–H and O–H groups in total. The van der Waals surface area contributed by atoms with Crippen LogP contribution in [0.5, 0.6) is 0 Å². The number of primary amides is 2. The van der Waals surface area contributed by atoms with E-state index in [4.69, 9.17) is 34.4 Å². The van der Waals surface area contributed by atoms with Gasteiger partial charge in [-0.2, -0.15) is 0 Å². The molecule has 0 aliphatic rings. The first-order valence-corrected chi connectivity index (χ1v) is 37.7. The van der Waals surface area contributed by atoms with E-state index < -0.39 is 205 Å². The van der Waals surface area contributed by atoms with E-state index in [1.165, 1.54) is 20.8 Å². The highest BCUT2D eigenvalue weighted by Crippen LogP contribution is 2.23. The molecule has 0 unspecified atom stereocenters. The Morgan fingerprint density at radius 3 is 1.35 bits per heavy atom. The predicted octanol–water partition coefficient (Wildman–Crippen LogP) is -6.04. The van der Waals surface area contributed by atoms with E-state index >= 15 is 0 Å². The second-order valence-corrected chi connectivity index (χ2v) is 29.3. The SMILES string of the molecule is CC[C@H](C)[C@H](NC(=O)[C@H](CC(=O)O)NC(=O)[C@H](Cc1ccccc1)NC(=O)[C@H](Cc1c[nH]c2ccccc12)NC(=O)[C@@H]([NH3+])CC(N)=O)C(=O)N[C@H](C(=O)N[C@@H](CC(N)=O)C(=O)NC(C)(C)C(=O)N[C@@H](CC(C)C)C(=O)N[C@@H](Cc1c[nH]c2ccccc12)C(=O)N[C@@H](CCCNC(N)N)C(=O)N[C@@H](CCCNC(N)N)C(=O)O)[C@@H](C)O. The minimum absolute atomic E-state index is 0.0655. The van der Waals surface area contributed by atoms with Gasteiger partial charge in [-0.15, -0.1) is 0 Å². The molecule has 0 radical (unpaired) electrons. The van der Waals surface area contributed by atoms with Gasteiger partial charge in [0.25, 0.3) is 5.91 Å². The van der Waals surface area contributed by atoms with Crippen LogP contribution in [0.15, 0.2) is 91.3 Å². The van der Waals surface area contributed by atoms with E-state index in [1.807, 2.05) is 0 Å². The first-order valence-electron chi connectivity index (χ1n) is 37.7. The smallest absolute Gasteiger partial charge is 0.326 e. The largest absolute Gasteiger partial charge is 0.481 e. The van der Waals surface area contributed by atoms with Gasteiger partial charge in [0.05, 0.1) is 25.4 Å². The van der Waals surface area contributed by atoms with Crippen LogP contribution >= 0.6 is 0 Å². The molecule has 0 spiro atoms. The van der Waals surface area contributed by atoms with Crippen molar-refractivity contribution in [3.05, 3.63) is 108 Å². The number of fused-ring (bicyclic) bond motifs is 2. The number of para-hydroxylation sites is 2. The lowest BCUT2D eigenvalue weighted by Crippen LogP contribution is -2.70. The van der Waals surface area contributed by atoms with Crippen molar-refractivity contribution < 1.29 is 93.0 Å². The Bertz CT molecular complexity index is 4190. The quantitative estimate of drug-likeness (QED) is 0.0127. The van der Waals surface area contributed by atoms with E-state index in [-0.39, 0.29) is 76.8 Å². The second kappa shape index (κ2) is 45.4. The number of nitrogens with two attached hydrogens (primary N) is 6. The summed E-state index contributed by atoms with van der Waals surface area (Å²) in [5, 5.41) is 65.9. The number of quaternary nitrogens is 1. The number of H-pyrrole nitrogens is 2. The number of benzene rings is 3. The summed E-state index contributed by atoms with van der Waals surface area (Å²) < 4.78 is 0. The van der Waals surface area contributed by atoms with Gasteiger partial charge in [-0.3, -0.25) is 77.8 Å². The number of carbonyl (C=O) groups excluding carboxylic acids is 13. The summed E-state index contributed by atoms with van der Waals surface area (Å²) in [5.41, 5.74) is 38.0. The number of carbonyl (C=O) groups is 15. The van der Waals surface area contributed by atoms with E-state index in [0.29, 0.717) is 38.5 Å². The number of hydrogen-bond donors (Lipinski definition) is 25. The Morgan fingerprint density at radius 1 is 0.461 bits per heavy atom. The summed E-state index contributed by atoms with van der Waals surface area (Å²) >= 11 is 0. The maximum Gasteiger partial charge on any atom is 0.326 e. The molecule has 0 saturated heterocycles. The minimum Gasteiger partial charge on any atom is -0.481 e. The van der Waals surface area contributed by atoms with Crippen molar-refractivity contribution in [1.29, 1.82) is 0 Å². The highest BCUT2D eigenvalue weighted by Gasteiger charge is 2.41. The van der Waals surface area contributed by atoms with E-state index in [0.717, 1.165) is 6.92 Å². The van der Waals surface area contributed by atoms with Gasteiger partial charge in [0.1, 0.15) is 78.5 Å². The molecule has 0 bridgehead atoms. The van der Waals surface area contributed by atoms with Crippen LogP contribution in [-0.2, 0) is 91.2 Å². The monoisotopic (exact) mass is 1610 g/mol. The van der Waals surface area contributed by atoms with Crippen LogP contribution in [0.2, 0.25) is 0 Å². The fourth-order valence-electron chi connectivity index (χ4n) is 12.3. The summed E-state index contributed by atoms with van der Waals surface area (Å²) in [6, 6.07) is 4.62. The highest BCUT2D eigenvalue weighted by molar-refractivity contribution is 6.02. The molecule has 13 amide bonds. The molecule has 630 valence electrons. The van der Waals surface area contributed by atoms with Crippen LogP contribution in [0, 0.1) is 11.8 Å². The molecule has 40 nitrogen and oxygen atoms in total. The average molecular weight is 1610 g/mol. The number of nitrogens with one attached hydrogen (secondary N) is 15. The molecule has 40 heteroatoms. The van der Waals surface area contributed by atoms with E-state index in [2.05, 4.69) is 84.8 Å². The van der Waals surface area contributed by atoms with E-state index in [1.54, 1.807) is 112 Å². The van der Waals surface area contributed by atoms with E-state index in [9.17, 15) is 87.2 Å². The minimum atomic E-state index is -2.04. The zero-order valence-electron chi connectivity index (χ0n) is 65.4. The van der Waals surface area contributed by atoms with Gasteiger partial charge in [0, 0.05) is 53.5 Å². The van der Waals surface area contributed by atoms with Gasteiger partial charge in [-0.25, -0.2) is 4.79 Å². The number of aliphatic hydroxyl groups excluding tert-OH is 1. The lowest BCUT2D eigenvalue weighted by molar-refractivity contribution is -0.402. The molecule has 0 aliphatic heterocycles. The zero-order valence-corrected chi connectivity index (χ0v) is 65.4. The average Bonchev–Trinajstić information content (AvgIpc) is 1.77. The number of carboxylic acid groups (broad SMARTS) is 2. The van der Waals surface area contributed by atoms with Crippen molar-refractivity contribution in [2.24, 2.45) is 46.2 Å². The van der Waals surface area contributed by atoms with Crippen LogP contribution in [0.4, 0.5) is 0 Å². The number of carboxylic acids is 2. The van der Waals surface area contributed by atoms with Crippen molar-refractivity contribution in [3.8, 4) is 0 Å². The first-order chi connectivity index (χ1) is 54.2. The number of hydrogen-bond acceptors (Lipinski definition) is 22. The molecule has 13 atom stereocenters. The van der Waals surface area contributed by atoms with Crippen LogP contribution < -0.4 is 109 Å². The zero-order chi connectivity index (χ0) is 85.6. The molecule has 2 heterocycles. The molecule has 0 saturated carbocycles.